The number of hydrogen-bond donors (Lipinski definition) is 1. The molecule has 25 heavy (non-hydrogen) atoms. The van der Waals surface area contributed by atoms with Gasteiger partial charge in [-0.05, 0) is 35.9 Å². The molecule has 0 amide bonds. The van der Waals surface area contributed by atoms with E-state index in [2.05, 4.69) is 39.1 Å². The molecule has 123 valence electrons. The smallest absolute Gasteiger partial charge is 0.146 e. The molecule has 0 spiro atoms. The largest absolute Gasteiger partial charge is 0.497 e. The Morgan fingerprint density at radius 1 is 1.04 bits per heavy atom. The molecule has 1 N–H and O–H groups in total. The van der Waals surface area contributed by atoms with Crippen molar-refractivity contribution in [3.63, 3.8) is 0 Å². The maximum Gasteiger partial charge on any atom is 0.146 e. The molecular weight excluding hydrogens is 310 g/mol. The van der Waals surface area contributed by atoms with E-state index in [1.165, 1.54) is 5.56 Å². The number of methoxy groups -OCH3 is 1. The van der Waals surface area contributed by atoms with Crippen molar-refractivity contribution in [3.8, 4) is 11.4 Å². The first kappa shape index (κ1) is 15.3. The lowest BCUT2D eigenvalue weighted by molar-refractivity contribution is 0.415. The number of nitrogens with one attached hydrogen (secondary N) is 1. The summed E-state index contributed by atoms with van der Waals surface area (Å²) in [4.78, 5) is 4.51. The van der Waals surface area contributed by atoms with Gasteiger partial charge in [-0.25, -0.2) is 4.98 Å². The summed E-state index contributed by atoms with van der Waals surface area (Å²) >= 11 is 0. The molecule has 1 radical (unpaired) electrons. The van der Waals surface area contributed by atoms with Gasteiger partial charge >= 0.3 is 0 Å². The molecule has 4 heteroatoms. The van der Waals surface area contributed by atoms with Crippen LogP contribution in [-0.4, -0.2) is 16.7 Å². The minimum Gasteiger partial charge on any atom is -0.497 e. The molecule has 0 saturated heterocycles. The van der Waals surface area contributed by atoms with Crippen LogP contribution in [0, 0.1) is 6.07 Å². The summed E-state index contributed by atoms with van der Waals surface area (Å²) < 4.78 is 7.29. The van der Waals surface area contributed by atoms with Crippen LogP contribution in [0.25, 0.3) is 16.7 Å². The monoisotopic (exact) mass is 328 g/mol. The van der Waals surface area contributed by atoms with Gasteiger partial charge in [0.2, 0.25) is 0 Å². The minimum absolute atomic E-state index is 0.754. The topological polar surface area (TPSA) is 39.1 Å². The van der Waals surface area contributed by atoms with E-state index in [1.54, 1.807) is 13.3 Å². The van der Waals surface area contributed by atoms with Gasteiger partial charge in [-0.2, -0.15) is 0 Å². The lowest BCUT2D eigenvalue weighted by Crippen LogP contribution is -2.00. The zero-order chi connectivity index (χ0) is 17.1. The number of rotatable bonds is 5. The highest BCUT2D eigenvalue weighted by Crippen LogP contribution is 2.26. The highest BCUT2D eigenvalue weighted by molar-refractivity contribution is 5.90. The van der Waals surface area contributed by atoms with Crippen LogP contribution in [0.4, 0.5) is 5.69 Å². The maximum absolute atomic E-state index is 5.23. The summed E-state index contributed by atoms with van der Waals surface area (Å²) in [5, 5.41) is 4.51. The van der Waals surface area contributed by atoms with Crippen LogP contribution >= 0.6 is 0 Å². The number of anilines is 1. The molecular formula is C21H18N3O. The lowest BCUT2D eigenvalue weighted by Gasteiger charge is -2.09. The van der Waals surface area contributed by atoms with Crippen LogP contribution in [0.1, 0.15) is 5.56 Å². The van der Waals surface area contributed by atoms with Gasteiger partial charge < -0.3 is 14.6 Å². The first-order chi connectivity index (χ1) is 12.3. The molecule has 0 bridgehead atoms. The molecule has 0 aliphatic carbocycles. The van der Waals surface area contributed by atoms with Gasteiger partial charge in [0.15, 0.2) is 0 Å². The van der Waals surface area contributed by atoms with Crippen molar-refractivity contribution in [1.82, 2.24) is 9.55 Å². The molecule has 2 heterocycles. The Bertz CT molecular complexity index is 975. The lowest BCUT2D eigenvalue weighted by atomic mass is 10.2. The van der Waals surface area contributed by atoms with E-state index in [-0.39, 0.29) is 0 Å². The highest BCUT2D eigenvalue weighted by atomic mass is 16.5. The third kappa shape index (κ3) is 3.06. The Kier molecular flexibility index (Phi) is 4.09. The molecule has 0 unspecified atom stereocenters. The predicted octanol–water partition coefficient (Wildman–Crippen LogP) is 4.45. The summed E-state index contributed by atoms with van der Waals surface area (Å²) in [5.74, 6) is 0.840. The van der Waals surface area contributed by atoms with Crippen LogP contribution in [0.2, 0.25) is 0 Å². The van der Waals surface area contributed by atoms with Crippen molar-refractivity contribution in [2.45, 2.75) is 6.54 Å². The average molecular weight is 328 g/mol. The standard InChI is InChI=1S/C21H18N3O/c1-25-18-9-7-17(8-10-18)24-14-12-19-20(11-13-22-21(19)24)23-15-16-5-3-2-4-6-16/h2-10,12-14H,15H2,1H3,(H,22,23). The highest BCUT2D eigenvalue weighted by Gasteiger charge is 2.09. The van der Waals surface area contributed by atoms with E-state index in [0.717, 1.165) is 34.7 Å². The Labute approximate surface area is 146 Å². The summed E-state index contributed by atoms with van der Waals surface area (Å²) in [6.07, 6.45) is 3.75. The van der Waals surface area contributed by atoms with Crippen LogP contribution in [0.5, 0.6) is 5.75 Å². The van der Waals surface area contributed by atoms with E-state index in [4.69, 9.17) is 4.74 Å². The molecule has 2 aromatic carbocycles. The van der Waals surface area contributed by atoms with Gasteiger partial charge in [0.25, 0.3) is 0 Å². The summed E-state index contributed by atoms with van der Waals surface area (Å²) in [6.45, 7) is 0.754. The second kappa shape index (κ2) is 6.69. The fourth-order valence-corrected chi connectivity index (χ4v) is 2.87. The van der Waals surface area contributed by atoms with Gasteiger partial charge in [-0.3, -0.25) is 0 Å². The number of benzene rings is 2. The van der Waals surface area contributed by atoms with Crippen molar-refractivity contribution in [3.05, 3.63) is 84.7 Å². The Hall–Kier alpha value is -3.27. The van der Waals surface area contributed by atoms with Crippen molar-refractivity contribution < 1.29 is 4.74 Å². The van der Waals surface area contributed by atoms with Crippen LogP contribution in [-0.2, 0) is 6.54 Å². The van der Waals surface area contributed by atoms with E-state index < -0.39 is 0 Å². The Morgan fingerprint density at radius 2 is 1.84 bits per heavy atom. The van der Waals surface area contributed by atoms with Gasteiger partial charge in [0, 0.05) is 36.1 Å². The van der Waals surface area contributed by atoms with E-state index in [1.807, 2.05) is 48.7 Å². The van der Waals surface area contributed by atoms with Gasteiger partial charge in [0.1, 0.15) is 11.4 Å². The van der Waals surface area contributed by atoms with Gasteiger partial charge in [0.05, 0.1) is 12.8 Å². The summed E-state index contributed by atoms with van der Waals surface area (Å²) in [5.41, 5.74) is 4.14. The number of pyridine rings is 1. The second-order valence-corrected chi connectivity index (χ2v) is 5.74. The minimum atomic E-state index is 0.754. The number of fused-ring (bicyclic) bond motifs is 1. The van der Waals surface area contributed by atoms with Crippen molar-refractivity contribution in [1.29, 1.82) is 0 Å². The molecule has 0 aliphatic heterocycles. The molecule has 4 rings (SSSR count). The van der Waals surface area contributed by atoms with Crippen LogP contribution in [0.15, 0.2) is 73.1 Å². The Morgan fingerprint density at radius 3 is 2.60 bits per heavy atom. The number of hydrogen-bond acceptors (Lipinski definition) is 3. The molecule has 0 aliphatic rings. The third-order valence-electron chi connectivity index (χ3n) is 4.19. The molecule has 0 fully saturated rings. The number of nitrogens with zero attached hydrogens (tertiary/aromatic N) is 2. The fourth-order valence-electron chi connectivity index (χ4n) is 2.87. The first-order valence-corrected chi connectivity index (χ1v) is 8.15. The van der Waals surface area contributed by atoms with E-state index in [9.17, 15) is 0 Å². The van der Waals surface area contributed by atoms with Crippen molar-refractivity contribution in [2.24, 2.45) is 0 Å². The molecule has 0 saturated carbocycles. The SMILES string of the molecule is COc1ccc(-n2ccc3c(NCc4ccccc4)[c]cnc32)cc1. The van der Waals surface area contributed by atoms with Gasteiger partial charge in [-0.15, -0.1) is 0 Å². The summed E-state index contributed by atoms with van der Waals surface area (Å²) in [7, 11) is 1.67. The molecule has 2 aromatic heterocycles. The normalized spacial score (nSPS) is 10.8. The maximum atomic E-state index is 5.23. The average Bonchev–Trinajstić information content (AvgIpc) is 3.12. The van der Waals surface area contributed by atoms with Crippen LogP contribution in [0.3, 0.4) is 0 Å². The second-order valence-electron chi connectivity index (χ2n) is 5.74. The zero-order valence-electron chi connectivity index (χ0n) is 13.9. The van der Waals surface area contributed by atoms with Gasteiger partial charge in [-0.1, -0.05) is 30.3 Å². The van der Waals surface area contributed by atoms with E-state index in [0.29, 0.717) is 0 Å². The van der Waals surface area contributed by atoms with E-state index >= 15 is 0 Å². The third-order valence-corrected chi connectivity index (χ3v) is 4.19. The van der Waals surface area contributed by atoms with Crippen molar-refractivity contribution in [2.75, 3.05) is 12.4 Å². The zero-order valence-corrected chi connectivity index (χ0v) is 13.9. The van der Waals surface area contributed by atoms with Crippen molar-refractivity contribution >= 4 is 16.7 Å². The number of aromatic nitrogens is 2. The predicted molar refractivity (Wildman–Crippen MR) is 100 cm³/mol. The molecule has 0 atom stereocenters. The first-order valence-electron chi connectivity index (χ1n) is 8.15. The quantitative estimate of drug-likeness (QED) is 0.588. The number of ether oxygens (including phenoxy) is 1. The Balaban J connectivity index is 1.65. The molecule has 4 aromatic rings. The summed E-state index contributed by atoms with van der Waals surface area (Å²) in [6, 6.07) is 23.5. The fraction of sp³-hybridized carbons (Fsp3) is 0.0952. The molecule has 4 nitrogen and oxygen atoms in total. The van der Waals surface area contributed by atoms with Crippen LogP contribution < -0.4 is 10.1 Å².